The Morgan fingerprint density at radius 2 is 1.88 bits per heavy atom. The lowest BCUT2D eigenvalue weighted by Gasteiger charge is -2.28. The molecule has 0 amide bonds. The van der Waals surface area contributed by atoms with Crippen LogP contribution in [0.5, 0.6) is 0 Å². The highest BCUT2D eigenvalue weighted by Gasteiger charge is 2.19. The summed E-state index contributed by atoms with van der Waals surface area (Å²) in [5.41, 5.74) is 1.32. The van der Waals surface area contributed by atoms with Crippen molar-refractivity contribution in [1.82, 2.24) is 15.6 Å². The lowest BCUT2D eigenvalue weighted by Crippen LogP contribution is -2.33. The van der Waals surface area contributed by atoms with E-state index in [1.54, 1.807) is 0 Å². The minimum atomic E-state index is 0.756. The van der Waals surface area contributed by atoms with Crippen LogP contribution in [0.1, 0.15) is 31.2 Å². The standard InChI is InChI=1S/C14H23N3/c1-15-14-4-2-12(3-5-14)10-17-11-13-6-8-16-9-7-13/h6-9,12,14-15,17H,2-5,10-11H2,1H3. The van der Waals surface area contributed by atoms with Crippen molar-refractivity contribution in [2.45, 2.75) is 38.3 Å². The third kappa shape index (κ3) is 4.10. The molecule has 94 valence electrons. The maximum Gasteiger partial charge on any atom is 0.0271 e. The molecule has 1 aliphatic rings. The van der Waals surface area contributed by atoms with Gasteiger partial charge in [-0.05, 0) is 62.9 Å². The number of nitrogens with one attached hydrogen (secondary N) is 2. The molecule has 0 aromatic carbocycles. The Kier molecular flexibility index (Phi) is 4.95. The van der Waals surface area contributed by atoms with Gasteiger partial charge in [0.1, 0.15) is 0 Å². The van der Waals surface area contributed by atoms with Crippen molar-refractivity contribution in [3.8, 4) is 0 Å². The van der Waals surface area contributed by atoms with E-state index in [1.165, 1.54) is 31.2 Å². The average Bonchev–Trinajstić information content (AvgIpc) is 2.41. The van der Waals surface area contributed by atoms with Gasteiger partial charge in [-0.2, -0.15) is 0 Å². The molecule has 1 aliphatic carbocycles. The predicted molar refractivity (Wildman–Crippen MR) is 70.7 cm³/mol. The van der Waals surface area contributed by atoms with E-state index in [-0.39, 0.29) is 0 Å². The summed E-state index contributed by atoms with van der Waals surface area (Å²) in [7, 11) is 2.08. The van der Waals surface area contributed by atoms with E-state index in [0.717, 1.165) is 25.0 Å². The van der Waals surface area contributed by atoms with Gasteiger partial charge in [0, 0.05) is 25.0 Å². The molecule has 0 bridgehead atoms. The number of rotatable bonds is 5. The normalized spacial score (nSPS) is 24.8. The molecule has 1 fully saturated rings. The van der Waals surface area contributed by atoms with Gasteiger partial charge >= 0.3 is 0 Å². The molecule has 0 atom stereocenters. The number of nitrogens with zero attached hydrogens (tertiary/aromatic N) is 1. The summed E-state index contributed by atoms with van der Waals surface area (Å²) in [5.74, 6) is 0.862. The minimum Gasteiger partial charge on any atom is -0.317 e. The van der Waals surface area contributed by atoms with Gasteiger partial charge in [-0.1, -0.05) is 0 Å². The molecule has 1 heterocycles. The molecule has 0 saturated heterocycles. The van der Waals surface area contributed by atoms with Crippen LogP contribution in [-0.2, 0) is 6.54 Å². The van der Waals surface area contributed by atoms with E-state index in [4.69, 9.17) is 0 Å². The molecule has 3 heteroatoms. The molecule has 0 radical (unpaired) electrons. The molecule has 0 unspecified atom stereocenters. The third-order valence-electron chi connectivity index (χ3n) is 3.77. The maximum absolute atomic E-state index is 4.03. The van der Waals surface area contributed by atoms with Gasteiger partial charge in [-0.25, -0.2) is 0 Å². The average molecular weight is 233 g/mol. The van der Waals surface area contributed by atoms with Crippen molar-refractivity contribution >= 4 is 0 Å². The Bertz CT molecular complexity index is 305. The van der Waals surface area contributed by atoms with Crippen LogP contribution < -0.4 is 10.6 Å². The van der Waals surface area contributed by atoms with Crippen molar-refractivity contribution in [2.24, 2.45) is 5.92 Å². The van der Waals surface area contributed by atoms with Crippen LogP contribution in [0.3, 0.4) is 0 Å². The van der Waals surface area contributed by atoms with E-state index in [1.807, 2.05) is 12.4 Å². The SMILES string of the molecule is CNC1CCC(CNCc2ccncc2)CC1. The van der Waals surface area contributed by atoms with E-state index < -0.39 is 0 Å². The highest BCUT2D eigenvalue weighted by atomic mass is 14.9. The second-order valence-corrected chi connectivity index (χ2v) is 4.99. The first-order chi connectivity index (χ1) is 8.38. The van der Waals surface area contributed by atoms with Crippen LogP contribution in [0.15, 0.2) is 24.5 Å². The van der Waals surface area contributed by atoms with Crippen molar-refractivity contribution in [3.63, 3.8) is 0 Å². The summed E-state index contributed by atoms with van der Waals surface area (Å²) in [4.78, 5) is 4.03. The number of hydrogen-bond donors (Lipinski definition) is 2. The Morgan fingerprint density at radius 1 is 1.18 bits per heavy atom. The zero-order valence-electron chi connectivity index (χ0n) is 10.7. The lowest BCUT2D eigenvalue weighted by molar-refractivity contribution is 0.292. The van der Waals surface area contributed by atoms with E-state index in [0.29, 0.717) is 0 Å². The van der Waals surface area contributed by atoms with Gasteiger partial charge in [0.2, 0.25) is 0 Å². The summed E-state index contributed by atoms with van der Waals surface area (Å²) in [6, 6.07) is 4.90. The van der Waals surface area contributed by atoms with Crippen molar-refractivity contribution in [1.29, 1.82) is 0 Å². The molecular weight excluding hydrogens is 210 g/mol. The van der Waals surface area contributed by atoms with E-state index >= 15 is 0 Å². The molecule has 3 nitrogen and oxygen atoms in total. The quantitative estimate of drug-likeness (QED) is 0.816. The van der Waals surface area contributed by atoms with Gasteiger partial charge in [0.15, 0.2) is 0 Å². The van der Waals surface area contributed by atoms with Gasteiger partial charge in [0.05, 0.1) is 0 Å². The molecule has 1 saturated carbocycles. The van der Waals surface area contributed by atoms with Crippen LogP contribution in [0.2, 0.25) is 0 Å². The summed E-state index contributed by atoms with van der Waals surface area (Å²) in [5, 5.41) is 6.94. The number of aromatic nitrogens is 1. The fourth-order valence-electron chi connectivity index (χ4n) is 2.58. The summed E-state index contributed by atoms with van der Waals surface area (Å²) < 4.78 is 0. The lowest BCUT2D eigenvalue weighted by atomic mass is 9.86. The first kappa shape index (κ1) is 12.5. The number of pyridine rings is 1. The third-order valence-corrected chi connectivity index (χ3v) is 3.77. The molecule has 2 rings (SSSR count). The largest absolute Gasteiger partial charge is 0.317 e. The minimum absolute atomic E-state index is 0.756. The zero-order valence-corrected chi connectivity index (χ0v) is 10.7. The van der Waals surface area contributed by atoms with Crippen LogP contribution in [0.4, 0.5) is 0 Å². The summed E-state index contributed by atoms with van der Waals surface area (Å²) in [6.07, 6.45) is 9.09. The smallest absolute Gasteiger partial charge is 0.0271 e. The topological polar surface area (TPSA) is 37.0 Å². The van der Waals surface area contributed by atoms with Crippen LogP contribution >= 0.6 is 0 Å². The summed E-state index contributed by atoms with van der Waals surface area (Å²) in [6.45, 7) is 2.12. The van der Waals surface area contributed by atoms with Gasteiger partial charge in [-0.15, -0.1) is 0 Å². The zero-order chi connectivity index (χ0) is 11.9. The summed E-state index contributed by atoms with van der Waals surface area (Å²) >= 11 is 0. The molecule has 0 aliphatic heterocycles. The van der Waals surface area contributed by atoms with Gasteiger partial charge < -0.3 is 10.6 Å². The fourth-order valence-corrected chi connectivity index (χ4v) is 2.58. The monoisotopic (exact) mass is 233 g/mol. The van der Waals surface area contributed by atoms with E-state index in [2.05, 4.69) is 34.8 Å². The molecule has 1 aromatic heterocycles. The molecular formula is C14H23N3. The first-order valence-electron chi connectivity index (χ1n) is 6.65. The van der Waals surface area contributed by atoms with Crippen LogP contribution in [-0.4, -0.2) is 24.6 Å². The van der Waals surface area contributed by atoms with E-state index in [9.17, 15) is 0 Å². The highest BCUT2D eigenvalue weighted by Crippen LogP contribution is 2.23. The second-order valence-electron chi connectivity index (χ2n) is 4.99. The fraction of sp³-hybridized carbons (Fsp3) is 0.643. The highest BCUT2D eigenvalue weighted by molar-refractivity contribution is 5.08. The molecule has 2 N–H and O–H groups in total. The number of hydrogen-bond acceptors (Lipinski definition) is 3. The Balaban J connectivity index is 1.63. The van der Waals surface area contributed by atoms with Crippen LogP contribution in [0, 0.1) is 5.92 Å². The maximum atomic E-state index is 4.03. The Morgan fingerprint density at radius 3 is 2.53 bits per heavy atom. The molecule has 0 spiro atoms. The first-order valence-corrected chi connectivity index (χ1v) is 6.65. The second kappa shape index (κ2) is 6.72. The predicted octanol–water partition coefficient (Wildman–Crippen LogP) is 1.95. The van der Waals surface area contributed by atoms with Crippen LogP contribution in [0.25, 0.3) is 0 Å². The van der Waals surface area contributed by atoms with Gasteiger partial charge in [0.25, 0.3) is 0 Å². The molecule has 1 aromatic rings. The van der Waals surface area contributed by atoms with Crippen molar-refractivity contribution < 1.29 is 0 Å². The Hall–Kier alpha value is -0.930. The molecule has 17 heavy (non-hydrogen) atoms. The van der Waals surface area contributed by atoms with Crippen molar-refractivity contribution in [2.75, 3.05) is 13.6 Å². The van der Waals surface area contributed by atoms with Crippen molar-refractivity contribution in [3.05, 3.63) is 30.1 Å². The Labute approximate surface area is 104 Å². The van der Waals surface area contributed by atoms with Gasteiger partial charge in [-0.3, -0.25) is 4.98 Å².